The summed E-state index contributed by atoms with van der Waals surface area (Å²) in [5.74, 6) is 1.66. The van der Waals surface area contributed by atoms with Gasteiger partial charge in [0.1, 0.15) is 23.9 Å². The number of benzene rings is 1. The number of fused-ring (bicyclic) bond motifs is 3. The maximum Gasteiger partial charge on any atom is 0.254 e. The number of rotatable bonds is 5. The fourth-order valence-corrected chi connectivity index (χ4v) is 3.76. The number of ether oxygens (including phenoxy) is 1. The number of hydrogen-bond acceptors (Lipinski definition) is 7. The van der Waals surface area contributed by atoms with Crippen LogP contribution in [0, 0.1) is 6.92 Å². The zero-order valence-corrected chi connectivity index (χ0v) is 18.5. The lowest BCUT2D eigenvalue weighted by atomic mass is 10.0. The summed E-state index contributed by atoms with van der Waals surface area (Å²) in [5.41, 5.74) is 5.63. The molecule has 0 fully saturated rings. The molecule has 0 bridgehead atoms. The standard InChI is InChI=1S/C24H23N7O2/c1-14-7-8-20(26-10-14)29-21-9-19(17(11-27-21)24(32)25-2)28-18-6-4-5-16-22-15(12-31(3)30-22)13-33-23(16)18/h4-12H,13H2,1-3H3,(H,25,32)(H2,26,27,28,29). The van der Waals surface area contributed by atoms with Crippen LogP contribution in [0.3, 0.4) is 0 Å². The van der Waals surface area contributed by atoms with E-state index in [-0.39, 0.29) is 5.91 Å². The van der Waals surface area contributed by atoms with Crippen LogP contribution in [0.2, 0.25) is 0 Å². The smallest absolute Gasteiger partial charge is 0.254 e. The first kappa shape index (κ1) is 20.5. The van der Waals surface area contributed by atoms with Gasteiger partial charge in [-0.15, -0.1) is 0 Å². The summed E-state index contributed by atoms with van der Waals surface area (Å²) in [6.45, 7) is 2.41. The van der Waals surface area contributed by atoms with Crippen molar-refractivity contribution in [2.24, 2.45) is 7.05 Å². The van der Waals surface area contributed by atoms with Gasteiger partial charge < -0.3 is 20.7 Å². The highest BCUT2D eigenvalue weighted by atomic mass is 16.5. The summed E-state index contributed by atoms with van der Waals surface area (Å²) in [6, 6.07) is 11.4. The van der Waals surface area contributed by atoms with Crippen molar-refractivity contribution in [2.45, 2.75) is 13.5 Å². The molecule has 1 amide bonds. The van der Waals surface area contributed by atoms with Crippen molar-refractivity contribution in [2.75, 3.05) is 17.7 Å². The number of aryl methyl sites for hydroxylation is 2. The lowest BCUT2D eigenvalue weighted by molar-refractivity contribution is 0.0963. The molecular weight excluding hydrogens is 418 g/mol. The molecule has 4 aromatic rings. The van der Waals surface area contributed by atoms with E-state index in [1.54, 1.807) is 24.0 Å². The summed E-state index contributed by atoms with van der Waals surface area (Å²) in [4.78, 5) is 21.3. The lowest BCUT2D eigenvalue weighted by Gasteiger charge is -2.21. The van der Waals surface area contributed by atoms with Crippen molar-refractivity contribution < 1.29 is 9.53 Å². The third-order valence-corrected chi connectivity index (χ3v) is 5.36. The summed E-state index contributed by atoms with van der Waals surface area (Å²) >= 11 is 0. The molecule has 4 heterocycles. The Balaban J connectivity index is 1.52. The van der Waals surface area contributed by atoms with E-state index in [9.17, 15) is 4.79 Å². The normalized spacial score (nSPS) is 11.7. The zero-order valence-electron chi connectivity index (χ0n) is 18.5. The molecule has 1 aromatic carbocycles. The minimum absolute atomic E-state index is 0.247. The molecule has 1 aliphatic heterocycles. The van der Waals surface area contributed by atoms with Crippen molar-refractivity contribution in [3.8, 4) is 17.0 Å². The van der Waals surface area contributed by atoms with Crippen LogP contribution in [0.15, 0.2) is 55.0 Å². The van der Waals surface area contributed by atoms with E-state index < -0.39 is 0 Å². The van der Waals surface area contributed by atoms with Gasteiger partial charge in [-0.25, -0.2) is 9.97 Å². The highest BCUT2D eigenvalue weighted by Crippen LogP contribution is 2.42. The first-order valence-electron chi connectivity index (χ1n) is 10.5. The molecular formula is C24H23N7O2. The molecule has 1 aliphatic rings. The summed E-state index contributed by atoms with van der Waals surface area (Å²) in [7, 11) is 3.48. The van der Waals surface area contributed by atoms with Gasteiger partial charge in [0.25, 0.3) is 5.91 Å². The Hall–Kier alpha value is -4.40. The second kappa shape index (κ2) is 8.27. The zero-order chi connectivity index (χ0) is 22.9. The number of para-hydroxylation sites is 1. The van der Waals surface area contributed by atoms with Crippen LogP contribution in [0.4, 0.5) is 23.0 Å². The van der Waals surface area contributed by atoms with Crippen LogP contribution >= 0.6 is 0 Å². The summed E-state index contributed by atoms with van der Waals surface area (Å²) in [6.07, 6.45) is 5.27. The number of nitrogens with one attached hydrogen (secondary N) is 3. The van der Waals surface area contributed by atoms with Gasteiger partial charge in [-0.1, -0.05) is 12.1 Å². The van der Waals surface area contributed by atoms with Crippen LogP contribution in [-0.2, 0) is 13.7 Å². The average molecular weight is 441 g/mol. The third-order valence-electron chi connectivity index (χ3n) is 5.36. The molecule has 9 heteroatoms. The van der Waals surface area contributed by atoms with Gasteiger partial charge in [0.15, 0.2) is 5.75 Å². The first-order valence-corrected chi connectivity index (χ1v) is 10.5. The van der Waals surface area contributed by atoms with E-state index in [1.165, 1.54) is 6.20 Å². The van der Waals surface area contributed by atoms with Gasteiger partial charge in [0.2, 0.25) is 0 Å². The number of amides is 1. The molecule has 0 unspecified atom stereocenters. The van der Waals surface area contributed by atoms with E-state index in [1.807, 2.05) is 50.5 Å². The average Bonchev–Trinajstić information content (AvgIpc) is 3.21. The van der Waals surface area contributed by atoms with Gasteiger partial charge in [-0.2, -0.15) is 5.10 Å². The molecule has 0 radical (unpaired) electrons. The molecule has 33 heavy (non-hydrogen) atoms. The Morgan fingerprint density at radius 2 is 1.91 bits per heavy atom. The largest absolute Gasteiger partial charge is 0.486 e. The second-order valence-electron chi connectivity index (χ2n) is 7.81. The Morgan fingerprint density at radius 3 is 2.70 bits per heavy atom. The fourth-order valence-electron chi connectivity index (χ4n) is 3.76. The van der Waals surface area contributed by atoms with Crippen molar-refractivity contribution in [3.05, 3.63) is 71.7 Å². The SMILES string of the molecule is CNC(=O)c1cnc(Nc2ccc(C)cn2)cc1Nc1cccc2c1OCc1cn(C)nc1-2. The molecule has 9 nitrogen and oxygen atoms in total. The summed E-state index contributed by atoms with van der Waals surface area (Å²) in [5, 5.41) is 13.8. The number of aromatic nitrogens is 4. The van der Waals surface area contributed by atoms with Gasteiger partial charge in [0, 0.05) is 49.9 Å². The number of anilines is 4. The predicted molar refractivity (Wildman–Crippen MR) is 126 cm³/mol. The molecule has 0 saturated carbocycles. The van der Waals surface area contributed by atoms with Crippen molar-refractivity contribution in [1.29, 1.82) is 0 Å². The summed E-state index contributed by atoms with van der Waals surface area (Å²) < 4.78 is 7.86. The number of pyridine rings is 2. The molecule has 3 aromatic heterocycles. The van der Waals surface area contributed by atoms with Gasteiger partial charge in [-0.05, 0) is 30.7 Å². The number of nitrogens with zero attached hydrogens (tertiary/aromatic N) is 4. The Labute approximate surface area is 190 Å². The monoisotopic (exact) mass is 441 g/mol. The van der Waals surface area contributed by atoms with E-state index in [0.29, 0.717) is 35.2 Å². The van der Waals surface area contributed by atoms with E-state index >= 15 is 0 Å². The van der Waals surface area contributed by atoms with Crippen molar-refractivity contribution in [1.82, 2.24) is 25.1 Å². The lowest BCUT2D eigenvalue weighted by Crippen LogP contribution is -2.20. The number of carbonyl (C=O) groups excluding carboxylic acids is 1. The fraction of sp³-hybridized carbons (Fsp3) is 0.167. The Kier molecular flexibility index (Phi) is 5.14. The molecule has 3 N–H and O–H groups in total. The van der Waals surface area contributed by atoms with Crippen LogP contribution < -0.4 is 20.7 Å². The molecule has 5 rings (SSSR count). The molecule has 0 atom stereocenters. The van der Waals surface area contributed by atoms with Gasteiger partial charge >= 0.3 is 0 Å². The highest BCUT2D eigenvalue weighted by Gasteiger charge is 2.24. The third kappa shape index (κ3) is 3.96. The van der Waals surface area contributed by atoms with Crippen molar-refractivity contribution in [3.63, 3.8) is 0 Å². The molecule has 0 aliphatic carbocycles. The number of hydrogen-bond donors (Lipinski definition) is 3. The minimum atomic E-state index is -0.247. The maximum atomic E-state index is 12.5. The van der Waals surface area contributed by atoms with Crippen LogP contribution in [0.1, 0.15) is 21.5 Å². The van der Waals surface area contributed by atoms with Gasteiger partial charge in [0.05, 0.1) is 16.9 Å². The highest BCUT2D eigenvalue weighted by molar-refractivity contribution is 6.00. The quantitative estimate of drug-likeness (QED) is 0.431. The molecule has 166 valence electrons. The predicted octanol–water partition coefficient (Wildman–Crippen LogP) is 3.92. The minimum Gasteiger partial charge on any atom is -0.486 e. The second-order valence-corrected chi connectivity index (χ2v) is 7.81. The first-order chi connectivity index (χ1) is 16.0. The van der Waals surface area contributed by atoms with Crippen LogP contribution in [-0.4, -0.2) is 32.7 Å². The van der Waals surface area contributed by atoms with Crippen LogP contribution in [0.25, 0.3) is 11.3 Å². The van der Waals surface area contributed by atoms with E-state index in [0.717, 1.165) is 28.1 Å². The van der Waals surface area contributed by atoms with Gasteiger partial charge in [-0.3, -0.25) is 9.48 Å². The van der Waals surface area contributed by atoms with E-state index in [2.05, 4.69) is 31.0 Å². The Morgan fingerprint density at radius 1 is 1.06 bits per heavy atom. The Bertz CT molecular complexity index is 1350. The van der Waals surface area contributed by atoms with Crippen molar-refractivity contribution >= 4 is 28.9 Å². The van der Waals surface area contributed by atoms with E-state index in [4.69, 9.17) is 4.74 Å². The number of carbonyl (C=O) groups is 1. The maximum absolute atomic E-state index is 12.5. The molecule has 0 spiro atoms. The molecule has 0 saturated heterocycles. The van der Waals surface area contributed by atoms with Crippen LogP contribution in [0.5, 0.6) is 5.75 Å². The topological polar surface area (TPSA) is 106 Å².